The molecule has 0 radical (unpaired) electrons. The third kappa shape index (κ3) is 2.81. The fourth-order valence-corrected chi connectivity index (χ4v) is 2.96. The summed E-state index contributed by atoms with van der Waals surface area (Å²) in [6.45, 7) is 6.55. The van der Waals surface area contributed by atoms with Crippen molar-refractivity contribution in [1.29, 1.82) is 0 Å². The molecule has 1 fully saturated rings. The maximum absolute atomic E-state index is 11.9. The van der Waals surface area contributed by atoms with Gasteiger partial charge >= 0.3 is 0 Å². The van der Waals surface area contributed by atoms with Crippen LogP contribution < -0.4 is 0 Å². The number of ketones is 1. The molecule has 2 heteroatoms. The molecule has 0 aliphatic heterocycles. The number of ether oxygens (including phenoxy) is 1. The topological polar surface area (TPSA) is 26.3 Å². The highest BCUT2D eigenvalue weighted by molar-refractivity contribution is 5.83. The average molecular weight is 212 g/mol. The number of rotatable bonds is 5. The van der Waals surface area contributed by atoms with E-state index in [9.17, 15) is 4.79 Å². The van der Waals surface area contributed by atoms with Crippen molar-refractivity contribution in [3.63, 3.8) is 0 Å². The highest BCUT2D eigenvalue weighted by atomic mass is 16.5. The minimum atomic E-state index is -0.155. The molecule has 3 atom stereocenters. The predicted molar refractivity (Wildman–Crippen MR) is 61.8 cm³/mol. The highest BCUT2D eigenvalue weighted by Crippen LogP contribution is 2.40. The van der Waals surface area contributed by atoms with Crippen LogP contribution in [-0.4, -0.2) is 19.0 Å². The van der Waals surface area contributed by atoms with Gasteiger partial charge in [-0.15, -0.1) is 0 Å². The van der Waals surface area contributed by atoms with Gasteiger partial charge in [0, 0.05) is 13.5 Å². The van der Waals surface area contributed by atoms with Gasteiger partial charge in [-0.2, -0.15) is 0 Å². The molecule has 3 unspecified atom stereocenters. The number of carbonyl (C=O) groups excluding carboxylic acids is 1. The zero-order chi connectivity index (χ0) is 11.4. The zero-order valence-electron chi connectivity index (χ0n) is 10.5. The number of Topliss-reactive ketones (excluding diaryl/α,β-unsaturated/α-hetero) is 1. The molecule has 1 aliphatic rings. The van der Waals surface area contributed by atoms with Crippen molar-refractivity contribution < 1.29 is 9.53 Å². The summed E-state index contributed by atoms with van der Waals surface area (Å²) in [5, 5.41) is 0. The molecule has 0 heterocycles. The second-order valence-corrected chi connectivity index (χ2v) is 4.98. The van der Waals surface area contributed by atoms with Crippen LogP contribution in [0.15, 0.2) is 0 Å². The molecule has 88 valence electrons. The van der Waals surface area contributed by atoms with Crippen molar-refractivity contribution in [1.82, 2.24) is 0 Å². The van der Waals surface area contributed by atoms with Gasteiger partial charge in [0.15, 0.2) is 5.78 Å². The van der Waals surface area contributed by atoms with Crippen molar-refractivity contribution in [2.75, 3.05) is 7.11 Å². The fraction of sp³-hybridized carbons (Fsp3) is 0.923. The van der Waals surface area contributed by atoms with Crippen LogP contribution in [0.5, 0.6) is 0 Å². The van der Waals surface area contributed by atoms with Crippen molar-refractivity contribution in [3.05, 3.63) is 0 Å². The standard InChI is InChI=1S/C13H24O2/c1-5-6-11(14)13(15-4)12-9(2)7-8-10(12)3/h9-10,12-13H,5-8H2,1-4H3. The lowest BCUT2D eigenvalue weighted by atomic mass is 9.83. The van der Waals surface area contributed by atoms with Gasteiger partial charge in [0.1, 0.15) is 6.10 Å². The van der Waals surface area contributed by atoms with Crippen molar-refractivity contribution >= 4 is 5.78 Å². The van der Waals surface area contributed by atoms with E-state index < -0.39 is 0 Å². The summed E-state index contributed by atoms with van der Waals surface area (Å²) < 4.78 is 5.44. The maximum Gasteiger partial charge on any atom is 0.161 e. The van der Waals surface area contributed by atoms with E-state index in [2.05, 4.69) is 13.8 Å². The van der Waals surface area contributed by atoms with Crippen LogP contribution in [0.3, 0.4) is 0 Å². The molecule has 1 saturated carbocycles. The monoisotopic (exact) mass is 212 g/mol. The Labute approximate surface area is 93.4 Å². The van der Waals surface area contributed by atoms with Gasteiger partial charge in [0.2, 0.25) is 0 Å². The van der Waals surface area contributed by atoms with Crippen molar-refractivity contribution in [3.8, 4) is 0 Å². The first kappa shape index (κ1) is 12.7. The second kappa shape index (κ2) is 5.64. The molecule has 1 rings (SSSR count). The summed E-state index contributed by atoms with van der Waals surface area (Å²) in [4.78, 5) is 11.9. The van der Waals surface area contributed by atoms with Gasteiger partial charge in [-0.1, -0.05) is 33.6 Å². The molecular weight excluding hydrogens is 188 g/mol. The smallest absolute Gasteiger partial charge is 0.161 e. The van der Waals surface area contributed by atoms with E-state index >= 15 is 0 Å². The first-order chi connectivity index (χ1) is 7.11. The number of methoxy groups -OCH3 is 1. The summed E-state index contributed by atoms with van der Waals surface area (Å²) in [7, 11) is 1.68. The Hall–Kier alpha value is -0.370. The lowest BCUT2D eigenvalue weighted by Crippen LogP contribution is -2.35. The summed E-state index contributed by atoms with van der Waals surface area (Å²) in [6, 6.07) is 0. The quantitative estimate of drug-likeness (QED) is 0.700. The predicted octanol–water partition coefficient (Wildman–Crippen LogP) is 3.05. The Bertz CT molecular complexity index is 203. The van der Waals surface area contributed by atoms with Gasteiger partial charge in [0.25, 0.3) is 0 Å². The number of hydrogen-bond donors (Lipinski definition) is 0. The van der Waals surface area contributed by atoms with E-state index in [0.717, 1.165) is 6.42 Å². The Morgan fingerprint density at radius 1 is 1.33 bits per heavy atom. The maximum atomic E-state index is 11.9. The Kier molecular flexibility index (Phi) is 4.78. The molecule has 0 aromatic heterocycles. The average Bonchev–Trinajstić information content (AvgIpc) is 2.51. The number of hydrogen-bond acceptors (Lipinski definition) is 2. The third-order valence-corrected chi connectivity index (χ3v) is 3.81. The van der Waals surface area contributed by atoms with Gasteiger partial charge in [0.05, 0.1) is 0 Å². The molecule has 0 amide bonds. The molecule has 0 N–H and O–H groups in total. The zero-order valence-corrected chi connectivity index (χ0v) is 10.5. The Morgan fingerprint density at radius 2 is 1.87 bits per heavy atom. The highest BCUT2D eigenvalue weighted by Gasteiger charge is 2.39. The second-order valence-electron chi connectivity index (χ2n) is 4.98. The SMILES string of the molecule is CCCC(=O)C(OC)C1C(C)CCC1C. The van der Waals surface area contributed by atoms with E-state index in [1.165, 1.54) is 12.8 Å². The first-order valence-electron chi connectivity index (χ1n) is 6.17. The molecule has 0 aromatic rings. The molecule has 15 heavy (non-hydrogen) atoms. The molecule has 0 saturated heterocycles. The summed E-state index contributed by atoms with van der Waals surface area (Å²) in [5.41, 5.74) is 0. The molecule has 0 aromatic carbocycles. The molecule has 0 bridgehead atoms. The summed E-state index contributed by atoms with van der Waals surface area (Å²) in [5.74, 6) is 2.00. The van der Waals surface area contributed by atoms with Gasteiger partial charge in [-0.05, 0) is 24.2 Å². The van der Waals surface area contributed by atoms with Crippen LogP contribution in [0.4, 0.5) is 0 Å². The lowest BCUT2D eigenvalue weighted by molar-refractivity contribution is -0.133. The molecule has 2 nitrogen and oxygen atoms in total. The minimum Gasteiger partial charge on any atom is -0.373 e. The van der Waals surface area contributed by atoms with E-state index in [0.29, 0.717) is 30.0 Å². The normalized spacial score (nSPS) is 32.9. The summed E-state index contributed by atoms with van der Waals surface area (Å²) >= 11 is 0. The molecule has 1 aliphatic carbocycles. The van der Waals surface area contributed by atoms with Crippen LogP contribution >= 0.6 is 0 Å². The first-order valence-corrected chi connectivity index (χ1v) is 6.17. The summed E-state index contributed by atoms with van der Waals surface area (Å²) in [6.07, 6.45) is 3.91. The van der Waals surface area contributed by atoms with Crippen LogP contribution in [0.2, 0.25) is 0 Å². The fourth-order valence-electron chi connectivity index (χ4n) is 2.96. The Balaban J connectivity index is 2.68. The van der Waals surface area contributed by atoms with Gasteiger partial charge < -0.3 is 4.74 Å². The lowest BCUT2D eigenvalue weighted by Gasteiger charge is -2.27. The number of carbonyl (C=O) groups is 1. The van der Waals surface area contributed by atoms with Crippen LogP contribution in [0.25, 0.3) is 0 Å². The van der Waals surface area contributed by atoms with E-state index in [1.807, 2.05) is 6.92 Å². The van der Waals surface area contributed by atoms with Crippen LogP contribution in [-0.2, 0) is 9.53 Å². The Morgan fingerprint density at radius 3 is 2.27 bits per heavy atom. The van der Waals surface area contributed by atoms with Gasteiger partial charge in [-0.3, -0.25) is 4.79 Å². The van der Waals surface area contributed by atoms with Crippen LogP contribution in [0.1, 0.15) is 46.5 Å². The van der Waals surface area contributed by atoms with E-state index in [-0.39, 0.29) is 6.10 Å². The van der Waals surface area contributed by atoms with Crippen LogP contribution in [0, 0.1) is 17.8 Å². The third-order valence-electron chi connectivity index (χ3n) is 3.81. The molecular formula is C13H24O2. The van der Waals surface area contributed by atoms with Gasteiger partial charge in [-0.25, -0.2) is 0 Å². The largest absolute Gasteiger partial charge is 0.373 e. The van der Waals surface area contributed by atoms with E-state index in [1.54, 1.807) is 7.11 Å². The van der Waals surface area contributed by atoms with E-state index in [4.69, 9.17) is 4.74 Å². The van der Waals surface area contributed by atoms with Crippen molar-refractivity contribution in [2.45, 2.75) is 52.6 Å². The minimum absolute atomic E-state index is 0.155. The molecule has 0 spiro atoms. The van der Waals surface area contributed by atoms with Crippen molar-refractivity contribution in [2.24, 2.45) is 17.8 Å².